The van der Waals surface area contributed by atoms with E-state index in [-0.39, 0.29) is 0 Å². The van der Waals surface area contributed by atoms with E-state index in [9.17, 15) is 0 Å². The molecule has 0 bridgehead atoms. The number of fused-ring (bicyclic) bond motifs is 1. The SMILES string of the molecule is Clc1cc(C2CC2)cc2c1OCCO2. The molecule has 0 N–H and O–H groups in total. The highest BCUT2D eigenvalue weighted by atomic mass is 35.5. The first-order valence-corrected chi connectivity index (χ1v) is 5.31. The summed E-state index contributed by atoms with van der Waals surface area (Å²) in [4.78, 5) is 0. The van der Waals surface area contributed by atoms with E-state index in [1.54, 1.807) is 0 Å². The second-order valence-electron chi connectivity index (χ2n) is 3.80. The molecule has 0 aromatic heterocycles. The number of ether oxygens (including phenoxy) is 2. The van der Waals surface area contributed by atoms with Crippen molar-refractivity contribution < 1.29 is 9.47 Å². The van der Waals surface area contributed by atoms with Gasteiger partial charge in [0, 0.05) is 0 Å². The minimum atomic E-state index is 0.593. The van der Waals surface area contributed by atoms with Crippen LogP contribution in [-0.4, -0.2) is 13.2 Å². The minimum absolute atomic E-state index is 0.593. The standard InChI is InChI=1S/C11H11ClO2/c12-9-5-8(7-1-2-7)6-10-11(9)14-4-3-13-10/h5-7H,1-4H2. The lowest BCUT2D eigenvalue weighted by Crippen LogP contribution is -2.15. The van der Waals surface area contributed by atoms with Gasteiger partial charge in [-0.1, -0.05) is 11.6 Å². The van der Waals surface area contributed by atoms with E-state index in [0.29, 0.717) is 29.9 Å². The second kappa shape index (κ2) is 3.06. The van der Waals surface area contributed by atoms with E-state index in [2.05, 4.69) is 6.07 Å². The molecule has 0 atom stereocenters. The van der Waals surface area contributed by atoms with Crippen molar-refractivity contribution in [3.63, 3.8) is 0 Å². The Kier molecular flexibility index (Phi) is 1.84. The lowest BCUT2D eigenvalue weighted by Gasteiger charge is -2.20. The molecule has 0 amide bonds. The summed E-state index contributed by atoms with van der Waals surface area (Å²) in [6.45, 7) is 1.22. The zero-order valence-electron chi connectivity index (χ0n) is 7.75. The van der Waals surface area contributed by atoms with E-state index in [1.807, 2.05) is 6.07 Å². The maximum Gasteiger partial charge on any atom is 0.179 e. The Labute approximate surface area is 87.8 Å². The van der Waals surface area contributed by atoms with E-state index in [0.717, 1.165) is 5.75 Å². The number of hydrogen-bond acceptors (Lipinski definition) is 2. The first-order chi connectivity index (χ1) is 6.84. The van der Waals surface area contributed by atoms with Crippen LogP contribution in [0, 0.1) is 0 Å². The summed E-state index contributed by atoms with van der Waals surface area (Å²) < 4.78 is 11.0. The molecule has 1 aromatic carbocycles. The van der Waals surface area contributed by atoms with Gasteiger partial charge in [-0.25, -0.2) is 0 Å². The molecule has 1 aromatic rings. The third-order valence-corrected chi connectivity index (χ3v) is 2.95. The Morgan fingerprint density at radius 1 is 1.14 bits per heavy atom. The molecule has 2 nitrogen and oxygen atoms in total. The highest BCUT2D eigenvalue weighted by Crippen LogP contribution is 2.46. The van der Waals surface area contributed by atoms with Crippen molar-refractivity contribution in [3.05, 3.63) is 22.7 Å². The van der Waals surface area contributed by atoms with Gasteiger partial charge in [0.25, 0.3) is 0 Å². The summed E-state index contributed by atoms with van der Waals surface area (Å²) in [5, 5.41) is 0.684. The van der Waals surface area contributed by atoms with Gasteiger partial charge >= 0.3 is 0 Å². The zero-order chi connectivity index (χ0) is 9.54. The van der Waals surface area contributed by atoms with Gasteiger partial charge in [0.15, 0.2) is 11.5 Å². The zero-order valence-corrected chi connectivity index (χ0v) is 8.51. The summed E-state index contributed by atoms with van der Waals surface area (Å²) >= 11 is 6.11. The monoisotopic (exact) mass is 210 g/mol. The molecule has 74 valence electrons. The van der Waals surface area contributed by atoms with Crippen LogP contribution in [0.3, 0.4) is 0 Å². The molecule has 0 unspecified atom stereocenters. The van der Waals surface area contributed by atoms with Crippen molar-refractivity contribution in [2.24, 2.45) is 0 Å². The highest BCUT2D eigenvalue weighted by Gasteiger charge is 2.26. The average molecular weight is 211 g/mol. The van der Waals surface area contributed by atoms with Gasteiger partial charge in [0.1, 0.15) is 13.2 Å². The highest BCUT2D eigenvalue weighted by molar-refractivity contribution is 6.32. The molecule has 3 heteroatoms. The number of rotatable bonds is 1. The molecule has 1 saturated carbocycles. The second-order valence-corrected chi connectivity index (χ2v) is 4.21. The van der Waals surface area contributed by atoms with Gasteiger partial charge in [-0.3, -0.25) is 0 Å². The lowest BCUT2D eigenvalue weighted by molar-refractivity contribution is 0.171. The van der Waals surface area contributed by atoms with Crippen LogP contribution in [-0.2, 0) is 0 Å². The van der Waals surface area contributed by atoms with Crippen LogP contribution in [0.2, 0.25) is 5.02 Å². The van der Waals surface area contributed by atoms with Gasteiger partial charge in [0.05, 0.1) is 5.02 Å². The summed E-state index contributed by atoms with van der Waals surface area (Å²) in [6.07, 6.45) is 2.55. The van der Waals surface area contributed by atoms with Crippen molar-refractivity contribution >= 4 is 11.6 Å². The third-order valence-electron chi connectivity index (χ3n) is 2.67. The summed E-state index contributed by atoms with van der Waals surface area (Å²) in [7, 11) is 0. The number of halogens is 1. The first-order valence-electron chi connectivity index (χ1n) is 4.93. The molecule has 0 radical (unpaired) electrons. The largest absolute Gasteiger partial charge is 0.486 e. The number of benzene rings is 1. The van der Waals surface area contributed by atoms with Crippen LogP contribution in [0.15, 0.2) is 12.1 Å². The fourth-order valence-electron chi connectivity index (χ4n) is 1.78. The van der Waals surface area contributed by atoms with Crippen molar-refractivity contribution in [1.29, 1.82) is 0 Å². The summed E-state index contributed by atoms with van der Waals surface area (Å²) in [6, 6.07) is 4.07. The quantitative estimate of drug-likeness (QED) is 0.710. The number of hydrogen-bond donors (Lipinski definition) is 0. The molecule has 14 heavy (non-hydrogen) atoms. The van der Waals surface area contributed by atoms with Crippen LogP contribution in [0.4, 0.5) is 0 Å². The fraction of sp³-hybridized carbons (Fsp3) is 0.455. The van der Waals surface area contributed by atoms with E-state index in [1.165, 1.54) is 18.4 Å². The Bertz CT molecular complexity index is 372. The van der Waals surface area contributed by atoms with Crippen LogP contribution in [0.1, 0.15) is 24.3 Å². The van der Waals surface area contributed by atoms with Crippen LogP contribution in [0.5, 0.6) is 11.5 Å². The topological polar surface area (TPSA) is 18.5 Å². The van der Waals surface area contributed by atoms with Crippen LogP contribution < -0.4 is 9.47 Å². The third kappa shape index (κ3) is 1.34. The van der Waals surface area contributed by atoms with Crippen molar-refractivity contribution in [2.75, 3.05) is 13.2 Å². The Morgan fingerprint density at radius 2 is 1.93 bits per heavy atom. The molecule has 0 spiro atoms. The van der Waals surface area contributed by atoms with Gasteiger partial charge in [-0.15, -0.1) is 0 Å². The molecular weight excluding hydrogens is 200 g/mol. The van der Waals surface area contributed by atoms with Crippen molar-refractivity contribution in [3.8, 4) is 11.5 Å². The normalized spacial score (nSPS) is 19.5. The Balaban J connectivity index is 2.06. The van der Waals surface area contributed by atoms with E-state index in [4.69, 9.17) is 21.1 Å². The van der Waals surface area contributed by atoms with Crippen molar-refractivity contribution in [1.82, 2.24) is 0 Å². The van der Waals surface area contributed by atoms with E-state index >= 15 is 0 Å². The van der Waals surface area contributed by atoms with Gasteiger partial charge in [-0.2, -0.15) is 0 Å². The lowest BCUT2D eigenvalue weighted by atomic mass is 10.1. The van der Waals surface area contributed by atoms with Crippen molar-refractivity contribution in [2.45, 2.75) is 18.8 Å². The molecule has 1 aliphatic carbocycles. The van der Waals surface area contributed by atoms with Gasteiger partial charge < -0.3 is 9.47 Å². The maximum absolute atomic E-state index is 6.11. The molecule has 0 saturated heterocycles. The summed E-state index contributed by atoms with van der Waals surface area (Å²) in [5.41, 5.74) is 1.29. The Hall–Kier alpha value is -0.890. The predicted molar refractivity (Wildman–Crippen MR) is 54.4 cm³/mol. The molecule has 2 aliphatic rings. The molecule has 3 rings (SSSR count). The minimum Gasteiger partial charge on any atom is -0.486 e. The van der Waals surface area contributed by atoms with Gasteiger partial charge in [-0.05, 0) is 36.5 Å². The summed E-state index contributed by atoms with van der Waals surface area (Å²) in [5.74, 6) is 2.22. The molecular formula is C11H11ClO2. The van der Waals surface area contributed by atoms with E-state index < -0.39 is 0 Å². The Morgan fingerprint density at radius 3 is 2.71 bits per heavy atom. The van der Waals surface area contributed by atoms with Crippen LogP contribution in [0.25, 0.3) is 0 Å². The fourth-order valence-corrected chi connectivity index (χ4v) is 2.06. The molecule has 1 heterocycles. The maximum atomic E-state index is 6.11. The first kappa shape index (κ1) is 8.42. The average Bonchev–Trinajstić information content (AvgIpc) is 3.01. The van der Waals surface area contributed by atoms with Crippen LogP contribution >= 0.6 is 11.6 Å². The molecule has 1 aliphatic heterocycles. The molecule has 1 fully saturated rings. The predicted octanol–water partition coefficient (Wildman–Crippen LogP) is 2.99. The smallest absolute Gasteiger partial charge is 0.179 e. The van der Waals surface area contributed by atoms with Gasteiger partial charge in [0.2, 0.25) is 0 Å².